The molecule has 2 atom stereocenters. The van der Waals surface area contributed by atoms with E-state index < -0.39 is 10.8 Å². The van der Waals surface area contributed by atoms with Gasteiger partial charge in [-0.1, -0.05) is 26.7 Å². The summed E-state index contributed by atoms with van der Waals surface area (Å²) < 4.78 is 11.7. The Hall–Kier alpha value is -0.360. The highest BCUT2D eigenvalue weighted by Gasteiger charge is 2.15. The van der Waals surface area contributed by atoms with Gasteiger partial charge >= 0.3 is 0 Å². The van der Waals surface area contributed by atoms with Crippen molar-refractivity contribution in [1.82, 2.24) is 0 Å². The summed E-state index contributed by atoms with van der Waals surface area (Å²) in [4.78, 5) is 0. The van der Waals surface area contributed by atoms with Crippen molar-refractivity contribution in [3.8, 4) is 6.07 Å². The SMILES string of the molecule is CCC(C)CS(=O)CCCCC(C)(C)C#N. The lowest BCUT2D eigenvalue weighted by atomic mass is 9.89. The summed E-state index contributed by atoms with van der Waals surface area (Å²) in [6.07, 6.45) is 4.00. The van der Waals surface area contributed by atoms with E-state index in [0.717, 1.165) is 37.2 Å². The van der Waals surface area contributed by atoms with Crippen molar-refractivity contribution < 1.29 is 4.21 Å². The van der Waals surface area contributed by atoms with Crippen LogP contribution in [0.2, 0.25) is 0 Å². The van der Waals surface area contributed by atoms with Gasteiger partial charge in [-0.3, -0.25) is 4.21 Å². The Labute approximate surface area is 103 Å². The Bertz CT molecular complexity index is 255. The molecule has 0 amide bonds. The zero-order chi connectivity index (χ0) is 12.6. The molecule has 0 radical (unpaired) electrons. The van der Waals surface area contributed by atoms with Gasteiger partial charge in [0.25, 0.3) is 0 Å². The predicted octanol–water partition coefficient (Wildman–Crippen LogP) is 3.50. The van der Waals surface area contributed by atoms with Crippen molar-refractivity contribution in [2.24, 2.45) is 11.3 Å². The first-order chi connectivity index (χ1) is 7.41. The zero-order valence-electron chi connectivity index (χ0n) is 11.1. The molecule has 0 N–H and O–H groups in total. The smallest absolute Gasteiger partial charge is 0.0683 e. The maximum absolute atomic E-state index is 11.7. The van der Waals surface area contributed by atoms with Gasteiger partial charge in [0.05, 0.1) is 11.5 Å². The molecule has 0 saturated heterocycles. The normalized spacial score (nSPS) is 15.4. The number of hydrogen-bond donors (Lipinski definition) is 0. The van der Waals surface area contributed by atoms with Crippen LogP contribution < -0.4 is 0 Å². The van der Waals surface area contributed by atoms with Crippen LogP contribution in [-0.2, 0) is 10.8 Å². The molecule has 0 aromatic rings. The molecular weight excluding hydrogens is 218 g/mol. The molecule has 0 spiro atoms. The summed E-state index contributed by atoms with van der Waals surface area (Å²) in [6, 6.07) is 2.29. The first-order valence-electron chi connectivity index (χ1n) is 6.17. The largest absolute Gasteiger partial charge is 0.260 e. The van der Waals surface area contributed by atoms with Crippen LogP contribution in [0.3, 0.4) is 0 Å². The fourth-order valence-corrected chi connectivity index (χ4v) is 2.97. The second-order valence-electron chi connectivity index (χ2n) is 5.28. The first kappa shape index (κ1) is 15.6. The number of rotatable bonds is 8. The lowest BCUT2D eigenvalue weighted by Crippen LogP contribution is -2.11. The fraction of sp³-hybridized carbons (Fsp3) is 0.923. The maximum Gasteiger partial charge on any atom is 0.0683 e. The van der Waals surface area contributed by atoms with Gasteiger partial charge in [0.1, 0.15) is 0 Å². The zero-order valence-corrected chi connectivity index (χ0v) is 11.9. The Kier molecular flexibility index (Phi) is 7.66. The minimum Gasteiger partial charge on any atom is -0.260 e. The summed E-state index contributed by atoms with van der Waals surface area (Å²) >= 11 is 0. The lowest BCUT2D eigenvalue weighted by molar-refractivity contribution is 0.432. The third kappa shape index (κ3) is 7.87. The highest BCUT2D eigenvalue weighted by atomic mass is 32.2. The van der Waals surface area contributed by atoms with Gasteiger partial charge < -0.3 is 0 Å². The number of nitrogens with zero attached hydrogens (tertiary/aromatic N) is 1. The van der Waals surface area contributed by atoms with E-state index in [-0.39, 0.29) is 5.41 Å². The van der Waals surface area contributed by atoms with Crippen LogP contribution >= 0.6 is 0 Å². The molecule has 0 heterocycles. The molecule has 0 aromatic carbocycles. The second-order valence-corrected chi connectivity index (χ2v) is 6.90. The van der Waals surface area contributed by atoms with E-state index >= 15 is 0 Å². The molecule has 0 aliphatic carbocycles. The minimum atomic E-state index is -0.663. The molecule has 16 heavy (non-hydrogen) atoms. The predicted molar refractivity (Wildman–Crippen MR) is 70.6 cm³/mol. The van der Waals surface area contributed by atoms with E-state index in [1.54, 1.807) is 0 Å². The van der Waals surface area contributed by atoms with Gasteiger partial charge in [-0.15, -0.1) is 0 Å². The molecule has 0 saturated carbocycles. The van der Waals surface area contributed by atoms with Crippen molar-refractivity contribution >= 4 is 10.8 Å². The topological polar surface area (TPSA) is 40.9 Å². The average molecular weight is 243 g/mol. The monoisotopic (exact) mass is 243 g/mol. The third-order valence-corrected chi connectivity index (χ3v) is 4.58. The van der Waals surface area contributed by atoms with E-state index in [1.807, 2.05) is 13.8 Å². The van der Waals surface area contributed by atoms with Crippen LogP contribution in [0, 0.1) is 22.7 Å². The summed E-state index contributed by atoms with van der Waals surface area (Å²) in [5.74, 6) is 2.20. The van der Waals surface area contributed by atoms with Crippen LogP contribution in [0.4, 0.5) is 0 Å². The van der Waals surface area contributed by atoms with Crippen LogP contribution in [0.5, 0.6) is 0 Å². The molecule has 94 valence electrons. The van der Waals surface area contributed by atoms with E-state index in [4.69, 9.17) is 5.26 Å². The number of nitriles is 1. The van der Waals surface area contributed by atoms with Gasteiger partial charge in [-0.05, 0) is 32.6 Å². The van der Waals surface area contributed by atoms with E-state index in [2.05, 4.69) is 19.9 Å². The molecule has 0 aliphatic rings. The lowest BCUT2D eigenvalue weighted by Gasteiger charge is -2.14. The fourth-order valence-electron chi connectivity index (χ4n) is 1.40. The van der Waals surface area contributed by atoms with Crippen molar-refractivity contribution in [2.45, 2.75) is 53.4 Å². The quantitative estimate of drug-likeness (QED) is 0.612. The van der Waals surface area contributed by atoms with Crippen LogP contribution in [0.15, 0.2) is 0 Å². The molecule has 0 bridgehead atoms. The highest BCUT2D eigenvalue weighted by molar-refractivity contribution is 7.84. The van der Waals surface area contributed by atoms with E-state index in [1.165, 1.54) is 0 Å². The van der Waals surface area contributed by atoms with Gasteiger partial charge in [0, 0.05) is 22.3 Å². The minimum absolute atomic E-state index is 0.224. The standard InChI is InChI=1S/C13H25NOS/c1-5-12(2)10-16(15)9-7-6-8-13(3,4)11-14/h12H,5-10H2,1-4H3. The Morgan fingerprint density at radius 3 is 2.50 bits per heavy atom. The van der Waals surface area contributed by atoms with Gasteiger partial charge in [-0.2, -0.15) is 5.26 Å². The van der Waals surface area contributed by atoms with Crippen molar-refractivity contribution in [1.29, 1.82) is 5.26 Å². The molecule has 2 unspecified atom stereocenters. The molecule has 0 fully saturated rings. The molecule has 2 nitrogen and oxygen atoms in total. The summed E-state index contributed by atoms with van der Waals surface area (Å²) in [5, 5.41) is 8.84. The molecular formula is C13H25NOS. The maximum atomic E-state index is 11.7. The summed E-state index contributed by atoms with van der Waals surface area (Å²) in [7, 11) is -0.663. The average Bonchev–Trinajstić information content (AvgIpc) is 2.24. The number of hydrogen-bond acceptors (Lipinski definition) is 2. The third-order valence-electron chi connectivity index (χ3n) is 2.89. The van der Waals surface area contributed by atoms with Gasteiger partial charge in [-0.25, -0.2) is 0 Å². The molecule has 0 aliphatic heterocycles. The molecule has 0 rings (SSSR count). The van der Waals surface area contributed by atoms with Crippen LogP contribution in [0.1, 0.15) is 53.4 Å². The van der Waals surface area contributed by atoms with Crippen molar-refractivity contribution in [2.75, 3.05) is 11.5 Å². The molecule has 3 heteroatoms. The van der Waals surface area contributed by atoms with Gasteiger partial charge in [0.2, 0.25) is 0 Å². The Morgan fingerprint density at radius 2 is 2.00 bits per heavy atom. The highest BCUT2D eigenvalue weighted by Crippen LogP contribution is 2.21. The number of unbranched alkanes of at least 4 members (excludes halogenated alkanes) is 1. The Morgan fingerprint density at radius 1 is 1.38 bits per heavy atom. The van der Waals surface area contributed by atoms with Crippen molar-refractivity contribution in [3.63, 3.8) is 0 Å². The second kappa shape index (κ2) is 7.84. The van der Waals surface area contributed by atoms with Crippen LogP contribution in [-0.4, -0.2) is 15.7 Å². The van der Waals surface area contributed by atoms with E-state index in [9.17, 15) is 4.21 Å². The molecule has 0 aromatic heterocycles. The van der Waals surface area contributed by atoms with E-state index in [0.29, 0.717) is 5.92 Å². The summed E-state index contributed by atoms with van der Waals surface area (Å²) in [5.41, 5.74) is -0.224. The van der Waals surface area contributed by atoms with Crippen molar-refractivity contribution in [3.05, 3.63) is 0 Å². The first-order valence-corrected chi connectivity index (χ1v) is 7.66. The van der Waals surface area contributed by atoms with Crippen LogP contribution in [0.25, 0.3) is 0 Å². The van der Waals surface area contributed by atoms with Gasteiger partial charge in [0.15, 0.2) is 0 Å². The summed E-state index contributed by atoms with van der Waals surface area (Å²) in [6.45, 7) is 8.21. The Balaban J connectivity index is 3.60.